The zero-order chi connectivity index (χ0) is 13.8. The summed E-state index contributed by atoms with van der Waals surface area (Å²) in [6, 6.07) is 3.70. The van der Waals surface area contributed by atoms with E-state index in [0.717, 1.165) is 23.1 Å². The van der Waals surface area contributed by atoms with Crippen molar-refractivity contribution in [1.82, 2.24) is 10.6 Å². The van der Waals surface area contributed by atoms with Crippen LogP contribution in [0.1, 0.15) is 5.56 Å². The van der Waals surface area contributed by atoms with E-state index in [4.69, 9.17) is 9.47 Å². The van der Waals surface area contributed by atoms with Crippen LogP contribution in [-0.2, 0) is 11.3 Å². The summed E-state index contributed by atoms with van der Waals surface area (Å²) in [4.78, 5) is 11.8. The highest BCUT2D eigenvalue weighted by atomic mass is 79.9. The Morgan fingerprint density at radius 3 is 2.45 bits per heavy atom. The van der Waals surface area contributed by atoms with Crippen LogP contribution in [0.15, 0.2) is 16.6 Å². The minimum absolute atomic E-state index is 0. The lowest BCUT2D eigenvalue weighted by atomic mass is 10.0. The van der Waals surface area contributed by atoms with Gasteiger partial charge in [0.15, 0.2) is 11.5 Å². The molecule has 0 aromatic heterocycles. The molecular weight excluding hydrogens is 348 g/mol. The van der Waals surface area contributed by atoms with Gasteiger partial charge in [0.25, 0.3) is 0 Å². The van der Waals surface area contributed by atoms with Crippen molar-refractivity contribution in [2.75, 3.05) is 27.3 Å². The fraction of sp³-hybridized carbons (Fsp3) is 0.462. The molecule has 1 amide bonds. The number of amides is 1. The molecule has 1 saturated heterocycles. The van der Waals surface area contributed by atoms with Crippen LogP contribution >= 0.6 is 28.3 Å². The lowest BCUT2D eigenvalue weighted by molar-refractivity contribution is -0.126. The predicted molar refractivity (Wildman–Crippen MR) is 82.7 cm³/mol. The van der Waals surface area contributed by atoms with Gasteiger partial charge in [-0.05, 0) is 17.7 Å². The average Bonchev–Trinajstić information content (AvgIpc) is 2.34. The zero-order valence-corrected chi connectivity index (χ0v) is 13.8. The van der Waals surface area contributed by atoms with Gasteiger partial charge >= 0.3 is 0 Å². The minimum atomic E-state index is 0. The van der Waals surface area contributed by atoms with Gasteiger partial charge in [-0.3, -0.25) is 4.79 Å². The van der Waals surface area contributed by atoms with E-state index in [2.05, 4.69) is 26.6 Å². The summed E-state index contributed by atoms with van der Waals surface area (Å²) in [5, 5.41) is 6.00. The number of benzene rings is 1. The SMILES string of the molecule is COc1cc(Br)c(CNC(=O)C2CNC2)cc1OC.Cl. The molecule has 1 heterocycles. The first kappa shape index (κ1) is 17.1. The molecule has 0 aliphatic carbocycles. The molecule has 0 radical (unpaired) electrons. The number of carbonyl (C=O) groups is 1. The molecule has 0 atom stereocenters. The molecule has 2 N–H and O–H groups in total. The number of methoxy groups -OCH3 is 2. The summed E-state index contributed by atoms with van der Waals surface area (Å²) in [7, 11) is 3.18. The lowest BCUT2D eigenvalue weighted by Gasteiger charge is -2.25. The van der Waals surface area contributed by atoms with E-state index < -0.39 is 0 Å². The summed E-state index contributed by atoms with van der Waals surface area (Å²) in [6.45, 7) is 1.99. The summed E-state index contributed by atoms with van der Waals surface area (Å²) in [5.41, 5.74) is 0.957. The third kappa shape index (κ3) is 3.77. The van der Waals surface area contributed by atoms with Crippen molar-refractivity contribution in [3.8, 4) is 11.5 Å². The molecule has 0 saturated carbocycles. The largest absolute Gasteiger partial charge is 0.493 e. The van der Waals surface area contributed by atoms with Gasteiger partial charge in [0.05, 0.1) is 20.1 Å². The van der Waals surface area contributed by atoms with E-state index in [1.807, 2.05) is 12.1 Å². The molecule has 7 heteroatoms. The van der Waals surface area contributed by atoms with Crippen LogP contribution in [0.4, 0.5) is 0 Å². The van der Waals surface area contributed by atoms with Gasteiger partial charge in [-0.25, -0.2) is 0 Å². The Labute approximate surface area is 132 Å². The van der Waals surface area contributed by atoms with Crippen molar-refractivity contribution in [3.63, 3.8) is 0 Å². The average molecular weight is 366 g/mol. The van der Waals surface area contributed by atoms with Crippen LogP contribution in [0.2, 0.25) is 0 Å². The number of hydrogen-bond donors (Lipinski definition) is 2. The number of carbonyl (C=O) groups excluding carboxylic acids is 1. The molecule has 1 fully saturated rings. The van der Waals surface area contributed by atoms with E-state index in [1.165, 1.54) is 0 Å². The van der Waals surface area contributed by atoms with E-state index in [1.54, 1.807) is 14.2 Å². The molecule has 1 aliphatic rings. The Kier molecular flexibility index (Phi) is 6.58. The maximum absolute atomic E-state index is 11.8. The van der Waals surface area contributed by atoms with Crippen LogP contribution in [-0.4, -0.2) is 33.2 Å². The fourth-order valence-electron chi connectivity index (χ4n) is 1.83. The van der Waals surface area contributed by atoms with Gasteiger partial charge in [-0.15, -0.1) is 12.4 Å². The summed E-state index contributed by atoms with van der Waals surface area (Å²) >= 11 is 3.47. The number of hydrogen-bond acceptors (Lipinski definition) is 4. The van der Waals surface area contributed by atoms with Gasteiger partial charge < -0.3 is 20.1 Å². The van der Waals surface area contributed by atoms with E-state index in [-0.39, 0.29) is 24.2 Å². The highest BCUT2D eigenvalue weighted by Gasteiger charge is 2.24. The van der Waals surface area contributed by atoms with Crippen molar-refractivity contribution in [2.45, 2.75) is 6.54 Å². The first-order valence-electron chi connectivity index (χ1n) is 6.04. The minimum Gasteiger partial charge on any atom is -0.493 e. The number of rotatable bonds is 5. The second-order valence-corrected chi connectivity index (χ2v) is 5.23. The molecule has 5 nitrogen and oxygen atoms in total. The van der Waals surface area contributed by atoms with Crippen molar-refractivity contribution in [3.05, 3.63) is 22.2 Å². The van der Waals surface area contributed by atoms with Gasteiger partial charge in [-0.1, -0.05) is 15.9 Å². The quantitative estimate of drug-likeness (QED) is 0.834. The molecule has 0 bridgehead atoms. The number of halogens is 2. The van der Waals surface area contributed by atoms with E-state index in [0.29, 0.717) is 18.0 Å². The molecule has 0 unspecified atom stereocenters. The maximum Gasteiger partial charge on any atom is 0.225 e. The van der Waals surface area contributed by atoms with E-state index >= 15 is 0 Å². The summed E-state index contributed by atoms with van der Waals surface area (Å²) in [5.74, 6) is 1.49. The standard InChI is InChI=1S/C13H17BrN2O3.ClH/c1-18-11-3-8(10(14)4-12(11)19-2)7-16-13(17)9-5-15-6-9;/h3-4,9,15H,5-7H2,1-2H3,(H,16,17);1H. The van der Waals surface area contributed by atoms with Crippen LogP contribution in [0, 0.1) is 5.92 Å². The van der Waals surface area contributed by atoms with Gasteiger partial charge in [0, 0.05) is 24.1 Å². The molecule has 0 spiro atoms. The molecule has 20 heavy (non-hydrogen) atoms. The summed E-state index contributed by atoms with van der Waals surface area (Å²) in [6.07, 6.45) is 0. The summed E-state index contributed by atoms with van der Waals surface area (Å²) < 4.78 is 11.3. The Bertz CT molecular complexity index is 481. The third-order valence-corrected chi connectivity index (χ3v) is 3.90. The predicted octanol–water partition coefficient (Wildman–Crippen LogP) is 1.72. The highest BCUT2D eigenvalue weighted by molar-refractivity contribution is 9.10. The van der Waals surface area contributed by atoms with Crippen LogP contribution in [0.5, 0.6) is 11.5 Å². The van der Waals surface area contributed by atoms with Crippen LogP contribution in [0.3, 0.4) is 0 Å². The van der Waals surface area contributed by atoms with Crippen LogP contribution in [0.25, 0.3) is 0 Å². The van der Waals surface area contributed by atoms with Crippen molar-refractivity contribution < 1.29 is 14.3 Å². The number of ether oxygens (including phenoxy) is 2. The Balaban J connectivity index is 0.00000200. The van der Waals surface area contributed by atoms with Crippen molar-refractivity contribution in [1.29, 1.82) is 0 Å². The van der Waals surface area contributed by atoms with Crippen molar-refractivity contribution in [2.24, 2.45) is 5.92 Å². The lowest BCUT2D eigenvalue weighted by Crippen LogP contribution is -2.50. The molecule has 1 aromatic carbocycles. The second-order valence-electron chi connectivity index (χ2n) is 4.37. The normalized spacial score (nSPS) is 13.9. The molecule has 1 aliphatic heterocycles. The topological polar surface area (TPSA) is 59.6 Å². The first-order chi connectivity index (χ1) is 9.15. The molecule has 2 rings (SSSR count). The van der Waals surface area contributed by atoms with Gasteiger partial charge in [0.2, 0.25) is 5.91 Å². The monoisotopic (exact) mass is 364 g/mol. The van der Waals surface area contributed by atoms with Crippen LogP contribution < -0.4 is 20.1 Å². The smallest absolute Gasteiger partial charge is 0.225 e. The Morgan fingerprint density at radius 1 is 1.35 bits per heavy atom. The Morgan fingerprint density at radius 2 is 1.95 bits per heavy atom. The fourth-order valence-corrected chi connectivity index (χ4v) is 2.30. The highest BCUT2D eigenvalue weighted by Crippen LogP contribution is 2.33. The number of nitrogens with one attached hydrogen (secondary N) is 2. The third-order valence-electron chi connectivity index (χ3n) is 3.16. The van der Waals surface area contributed by atoms with E-state index in [9.17, 15) is 4.79 Å². The molecular formula is C13H18BrClN2O3. The Hall–Kier alpha value is -0.980. The molecule has 112 valence electrons. The van der Waals surface area contributed by atoms with Gasteiger partial charge in [-0.2, -0.15) is 0 Å². The second kappa shape index (κ2) is 7.71. The van der Waals surface area contributed by atoms with Crippen molar-refractivity contribution >= 4 is 34.2 Å². The maximum atomic E-state index is 11.8. The first-order valence-corrected chi connectivity index (χ1v) is 6.83. The zero-order valence-electron chi connectivity index (χ0n) is 11.4. The van der Waals surface area contributed by atoms with Gasteiger partial charge in [0.1, 0.15) is 0 Å². The molecule has 1 aromatic rings.